The molecule has 2 rings (SSSR count). The van der Waals surface area contributed by atoms with Gasteiger partial charge in [0, 0.05) is 13.1 Å². The molecule has 6 nitrogen and oxygen atoms in total. The van der Waals surface area contributed by atoms with Crippen molar-refractivity contribution in [1.82, 2.24) is 19.7 Å². The van der Waals surface area contributed by atoms with E-state index in [1.807, 2.05) is 36.2 Å². The van der Waals surface area contributed by atoms with Crippen LogP contribution in [0.1, 0.15) is 11.4 Å². The highest BCUT2D eigenvalue weighted by Gasteiger charge is 2.10. The van der Waals surface area contributed by atoms with E-state index in [0.717, 1.165) is 6.54 Å². The van der Waals surface area contributed by atoms with E-state index in [0.29, 0.717) is 13.1 Å². The quantitative estimate of drug-likeness (QED) is 0.834. The summed E-state index contributed by atoms with van der Waals surface area (Å²) in [5.74, 6) is 0.120. The highest BCUT2D eigenvalue weighted by atomic mass is 16.3. The maximum atomic E-state index is 10.0. The Morgan fingerprint density at radius 1 is 1.40 bits per heavy atom. The Labute approximate surface area is 117 Å². The molecule has 0 aliphatic carbocycles. The molecule has 2 aromatic rings. The average molecular weight is 271 g/mol. The Hall–Kier alpha value is -2.23. The summed E-state index contributed by atoms with van der Waals surface area (Å²) in [5.41, 5.74) is 1.20. The number of aromatic nitrogens is 3. The summed E-state index contributed by atoms with van der Waals surface area (Å²) in [7, 11) is 1.96. The van der Waals surface area contributed by atoms with E-state index in [9.17, 15) is 5.11 Å². The Morgan fingerprint density at radius 3 is 2.80 bits per heavy atom. The lowest BCUT2D eigenvalue weighted by Gasteiger charge is -2.20. The minimum Gasteiger partial charge on any atom is -0.390 e. The molecule has 0 amide bonds. The Kier molecular flexibility index (Phi) is 4.82. The van der Waals surface area contributed by atoms with Gasteiger partial charge in [0.1, 0.15) is 12.4 Å². The number of hydrogen-bond donors (Lipinski definition) is 1. The van der Waals surface area contributed by atoms with Gasteiger partial charge in [-0.15, -0.1) is 5.10 Å². The molecule has 1 heterocycles. The first-order valence-electron chi connectivity index (χ1n) is 6.37. The van der Waals surface area contributed by atoms with Gasteiger partial charge in [-0.05, 0) is 12.6 Å². The predicted molar refractivity (Wildman–Crippen MR) is 73.5 cm³/mol. The first kappa shape index (κ1) is 14.2. The first-order chi connectivity index (χ1) is 9.67. The van der Waals surface area contributed by atoms with Crippen molar-refractivity contribution in [3.8, 4) is 6.07 Å². The summed E-state index contributed by atoms with van der Waals surface area (Å²) in [6.45, 7) is 1.63. The molecule has 1 atom stereocenters. The van der Waals surface area contributed by atoms with Gasteiger partial charge in [-0.1, -0.05) is 30.3 Å². The van der Waals surface area contributed by atoms with Gasteiger partial charge >= 0.3 is 0 Å². The van der Waals surface area contributed by atoms with E-state index in [1.165, 1.54) is 16.6 Å². The van der Waals surface area contributed by atoms with Gasteiger partial charge < -0.3 is 5.11 Å². The van der Waals surface area contributed by atoms with E-state index in [-0.39, 0.29) is 5.82 Å². The fourth-order valence-corrected chi connectivity index (χ4v) is 2.03. The summed E-state index contributed by atoms with van der Waals surface area (Å²) in [6.07, 6.45) is 0.899. The van der Waals surface area contributed by atoms with Gasteiger partial charge in [0.25, 0.3) is 5.82 Å². The molecule has 1 aromatic heterocycles. The molecule has 6 heteroatoms. The average Bonchev–Trinajstić information content (AvgIpc) is 2.87. The fraction of sp³-hybridized carbons (Fsp3) is 0.357. The van der Waals surface area contributed by atoms with Crippen LogP contribution in [-0.2, 0) is 13.1 Å². The van der Waals surface area contributed by atoms with Crippen LogP contribution in [-0.4, -0.2) is 44.5 Å². The molecular formula is C14H17N5O. The molecule has 0 spiro atoms. The molecule has 20 heavy (non-hydrogen) atoms. The zero-order chi connectivity index (χ0) is 14.4. The van der Waals surface area contributed by atoms with Gasteiger partial charge in [0.2, 0.25) is 0 Å². The monoisotopic (exact) mass is 271 g/mol. The van der Waals surface area contributed by atoms with Gasteiger partial charge in [0.05, 0.1) is 12.6 Å². The summed E-state index contributed by atoms with van der Waals surface area (Å²) < 4.78 is 1.49. The molecular weight excluding hydrogens is 254 g/mol. The van der Waals surface area contributed by atoms with Crippen LogP contribution < -0.4 is 0 Å². The second-order valence-electron chi connectivity index (χ2n) is 4.74. The number of nitriles is 1. The topological polar surface area (TPSA) is 78.0 Å². The molecule has 1 aromatic carbocycles. The molecule has 0 aliphatic heterocycles. The summed E-state index contributed by atoms with van der Waals surface area (Å²) >= 11 is 0. The Bertz CT molecular complexity index is 575. The van der Waals surface area contributed by atoms with Crippen molar-refractivity contribution in [2.75, 3.05) is 13.6 Å². The third kappa shape index (κ3) is 4.16. The van der Waals surface area contributed by atoms with E-state index in [1.54, 1.807) is 0 Å². The molecule has 0 saturated carbocycles. The minimum atomic E-state index is -0.558. The van der Waals surface area contributed by atoms with Crippen molar-refractivity contribution in [1.29, 1.82) is 5.26 Å². The number of nitrogens with zero attached hydrogens (tertiary/aromatic N) is 5. The molecule has 1 N–H and O–H groups in total. The van der Waals surface area contributed by atoms with Crippen LogP contribution in [0, 0.1) is 11.3 Å². The fourth-order valence-electron chi connectivity index (χ4n) is 2.03. The van der Waals surface area contributed by atoms with E-state index >= 15 is 0 Å². The third-order valence-corrected chi connectivity index (χ3v) is 2.85. The van der Waals surface area contributed by atoms with Crippen LogP contribution >= 0.6 is 0 Å². The molecule has 0 aliphatic rings. The van der Waals surface area contributed by atoms with E-state index in [2.05, 4.69) is 22.2 Å². The molecule has 1 unspecified atom stereocenters. The van der Waals surface area contributed by atoms with Crippen LogP contribution in [0.5, 0.6) is 0 Å². The Morgan fingerprint density at radius 2 is 2.15 bits per heavy atom. The van der Waals surface area contributed by atoms with Crippen LogP contribution in [0.2, 0.25) is 0 Å². The predicted octanol–water partition coefficient (Wildman–Crippen LogP) is 0.643. The van der Waals surface area contributed by atoms with Crippen LogP contribution in [0.15, 0.2) is 36.7 Å². The number of benzene rings is 1. The zero-order valence-electron chi connectivity index (χ0n) is 11.3. The van der Waals surface area contributed by atoms with Crippen molar-refractivity contribution < 1.29 is 5.11 Å². The lowest BCUT2D eigenvalue weighted by molar-refractivity contribution is 0.103. The van der Waals surface area contributed by atoms with Crippen LogP contribution in [0.4, 0.5) is 0 Å². The number of rotatable bonds is 6. The number of hydrogen-bond acceptors (Lipinski definition) is 5. The minimum absolute atomic E-state index is 0.120. The standard InChI is InChI=1S/C14H17N5O/c1-18(8-12-5-3-2-4-6-12)9-13(20)10-19-11-16-14(7-15)17-19/h2-6,11,13,20H,8-10H2,1H3. The van der Waals surface area contributed by atoms with Crippen molar-refractivity contribution >= 4 is 0 Å². The summed E-state index contributed by atoms with van der Waals surface area (Å²) in [6, 6.07) is 11.9. The smallest absolute Gasteiger partial charge is 0.252 e. The molecule has 0 bridgehead atoms. The highest BCUT2D eigenvalue weighted by molar-refractivity contribution is 5.14. The second-order valence-corrected chi connectivity index (χ2v) is 4.74. The van der Waals surface area contributed by atoms with Crippen molar-refractivity contribution in [2.24, 2.45) is 0 Å². The molecule has 0 saturated heterocycles. The third-order valence-electron chi connectivity index (χ3n) is 2.85. The van der Waals surface area contributed by atoms with E-state index < -0.39 is 6.10 Å². The van der Waals surface area contributed by atoms with Gasteiger partial charge in [-0.2, -0.15) is 5.26 Å². The highest BCUT2D eigenvalue weighted by Crippen LogP contribution is 2.03. The lowest BCUT2D eigenvalue weighted by atomic mass is 10.2. The van der Waals surface area contributed by atoms with Gasteiger partial charge in [0.15, 0.2) is 0 Å². The number of aliphatic hydroxyl groups is 1. The summed E-state index contributed by atoms with van der Waals surface area (Å²) in [4.78, 5) is 5.84. The van der Waals surface area contributed by atoms with Crippen LogP contribution in [0.25, 0.3) is 0 Å². The van der Waals surface area contributed by atoms with Crippen LogP contribution in [0.3, 0.4) is 0 Å². The number of aliphatic hydroxyl groups excluding tert-OH is 1. The maximum Gasteiger partial charge on any atom is 0.252 e. The van der Waals surface area contributed by atoms with Crippen molar-refractivity contribution in [3.05, 3.63) is 48.0 Å². The lowest BCUT2D eigenvalue weighted by Crippen LogP contribution is -2.31. The molecule has 0 fully saturated rings. The molecule has 0 radical (unpaired) electrons. The first-order valence-corrected chi connectivity index (χ1v) is 6.37. The largest absolute Gasteiger partial charge is 0.390 e. The maximum absolute atomic E-state index is 10.0. The summed E-state index contributed by atoms with van der Waals surface area (Å²) in [5, 5.41) is 22.6. The van der Waals surface area contributed by atoms with E-state index in [4.69, 9.17) is 5.26 Å². The Balaban J connectivity index is 1.82. The van der Waals surface area contributed by atoms with Crippen molar-refractivity contribution in [3.63, 3.8) is 0 Å². The second kappa shape index (κ2) is 6.80. The van der Waals surface area contributed by atoms with Crippen molar-refractivity contribution in [2.45, 2.75) is 19.2 Å². The van der Waals surface area contributed by atoms with Gasteiger partial charge in [-0.3, -0.25) is 4.90 Å². The van der Waals surface area contributed by atoms with Gasteiger partial charge in [-0.25, -0.2) is 9.67 Å². The normalized spacial score (nSPS) is 12.3. The zero-order valence-corrected chi connectivity index (χ0v) is 11.3. The SMILES string of the molecule is CN(Cc1ccccc1)CC(O)Cn1cnc(C#N)n1. The number of likely N-dealkylation sites (N-methyl/N-ethyl adjacent to an activating group) is 1. The molecule has 104 valence electrons.